The van der Waals surface area contributed by atoms with Crippen LogP contribution in [0.25, 0.3) is 5.69 Å². The minimum Gasteiger partial charge on any atom is -0.452 e. The van der Waals surface area contributed by atoms with E-state index in [0.29, 0.717) is 11.5 Å². The molecule has 4 rings (SSSR count). The van der Waals surface area contributed by atoms with Gasteiger partial charge in [0.25, 0.3) is 5.91 Å². The zero-order valence-electron chi connectivity index (χ0n) is 19.0. The van der Waals surface area contributed by atoms with E-state index < -0.39 is 24.4 Å². The molecule has 0 radical (unpaired) electrons. The van der Waals surface area contributed by atoms with Gasteiger partial charge in [-0.2, -0.15) is 5.10 Å². The number of amides is 2. The Balaban J connectivity index is 1.38. The Hall–Kier alpha value is -4.87. The van der Waals surface area contributed by atoms with Gasteiger partial charge in [0, 0.05) is 6.07 Å². The van der Waals surface area contributed by atoms with Crippen molar-refractivity contribution < 1.29 is 19.1 Å². The van der Waals surface area contributed by atoms with Crippen LogP contribution in [0.3, 0.4) is 0 Å². The first-order chi connectivity index (χ1) is 16.9. The monoisotopic (exact) mass is 474 g/mol. The smallest absolute Gasteiger partial charge is 0.340 e. The van der Waals surface area contributed by atoms with Crippen LogP contribution in [-0.2, 0) is 20.9 Å². The number of benzene rings is 2. The number of tetrazole rings is 1. The number of hydrogen-bond donors (Lipinski definition) is 2. The molecule has 0 saturated heterocycles. The predicted molar refractivity (Wildman–Crippen MR) is 125 cm³/mol. The Morgan fingerprint density at radius 3 is 2.49 bits per heavy atom. The van der Waals surface area contributed by atoms with E-state index in [1.165, 1.54) is 17.1 Å². The summed E-state index contributed by atoms with van der Waals surface area (Å²) in [5.74, 6) is -1.29. The summed E-state index contributed by atoms with van der Waals surface area (Å²) >= 11 is 0. The molecular formula is C23H22N8O4. The summed E-state index contributed by atoms with van der Waals surface area (Å²) < 4.78 is 8.03. The van der Waals surface area contributed by atoms with Crippen LogP contribution in [0.4, 0.5) is 11.5 Å². The first-order valence-corrected chi connectivity index (χ1v) is 10.6. The van der Waals surface area contributed by atoms with Crippen LogP contribution >= 0.6 is 0 Å². The average molecular weight is 474 g/mol. The topological polar surface area (TPSA) is 146 Å². The summed E-state index contributed by atoms with van der Waals surface area (Å²) in [4.78, 5) is 37.4. The number of nitrogens with zero attached hydrogens (tertiary/aromatic N) is 6. The molecule has 2 N–H and O–H groups in total. The van der Waals surface area contributed by atoms with Crippen LogP contribution < -0.4 is 10.6 Å². The zero-order valence-corrected chi connectivity index (χ0v) is 19.0. The highest BCUT2D eigenvalue weighted by Crippen LogP contribution is 2.19. The summed E-state index contributed by atoms with van der Waals surface area (Å²) in [6.07, 6.45) is 1.30. The molecule has 0 spiro atoms. The van der Waals surface area contributed by atoms with Crippen molar-refractivity contribution >= 4 is 29.3 Å². The number of carbonyl (C=O) groups excluding carboxylic acids is 3. The number of aryl methyl sites for hydroxylation is 2. The standard InChI is InChI=1S/C23H22N8O4/c1-15-7-9-17(10-8-15)31-20(11-16(2)27-31)26-22(33)13-35-23(34)18-5-3-4-6-19(18)25-21(32)12-30-14-24-28-29-30/h3-11,14H,12-13H2,1-2H3,(H,25,32)(H,26,33). The van der Waals surface area contributed by atoms with Crippen molar-refractivity contribution in [3.8, 4) is 5.69 Å². The summed E-state index contributed by atoms with van der Waals surface area (Å²) in [7, 11) is 0. The third-order valence-corrected chi connectivity index (χ3v) is 4.83. The van der Waals surface area contributed by atoms with Gasteiger partial charge in [-0.3, -0.25) is 9.59 Å². The number of nitrogens with one attached hydrogen (secondary N) is 2. The lowest BCUT2D eigenvalue weighted by atomic mass is 10.2. The second-order valence-electron chi connectivity index (χ2n) is 7.64. The SMILES string of the molecule is Cc1ccc(-n2nc(C)cc2NC(=O)COC(=O)c2ccccc2NC(=O)Cn2cnnn2)cc1. The number of ether oxygens (including phenoxy) is 1. The van der Waals surface area contributed by atoms with Gasteiger partial charge in [-0.25, -0.2) is 14.2 Å². The number of aromatic nitrogens is 6. The van der Waals surface area contributed by atoms with Crippen LogP contribution in [0, 0.1) is 13.8 Å². The highest BCUT2D eigenvalue weighted by atomic mass is 16.5. The van der Waals surface area contributed by atoms with Gasteiger partial charge in [-0.05, 0) is 48.5 Å². The molecule has 2 amide bonds. The van der Waals surface area contributed by atoms with Crippen molar-refractivity contribution in [2.75, 3.05) is 17.2 Å². The van der Waals surface area contributed by atoms with E-state index in [9.17, 15) is 14.4 Å². The summed E-state index contributed by atoms with van der Waals surface area (Å²) in [5.41, 5.74) is 2.93. The van der Waals surface area contributed by atoms with Crippen molar-refractivity contribution in [2.24, 2.45) is 0 Å². The van der Waals surface area contributed by atoms with E-state index in [0.717, 1.165) is 11.3 Å². The Bertz CT molecular complexity index is 1350. The third kappa shape index (κ3) is 5.93. The number of anilines is 2. The van der Waals surface area contributed by atoms with Gasteiger partial charge in [0.1, 0.15) is 18.7 Å². The first-order valence-electron chi connectivity index (χ1n) is 10.6. The number of rotatable bonds is 8. The molecule has 2 heterocycles. The molecule has 0 aliphatic carbocycles. The molecule has 2 aromatic heterocycles. The highest BCUT2D eigenvalue weighted by molar-refractivity contribution is 6.02. The van der Waals surface area contributed by atoms with Crippen LogP contribution in [0.15, 0.2) is 60.9 Å². The molecule has 0 aliphatic heterocycles. The van der Waals surface area contributed by atoms with Gasteiger partial charge in [0.2, 0.25) is 5.91 Å². The van der Waals surface area contributed by atoms with E-state index in [1.807, 2.05) is 38.1 Å². The molecule has 35 heavy (non-hydrogen) atoms. The van der Waals surface area contributed by atoms with Gasteiger partial charge in [-0.15, -0.1) is 5.10 Å². The summed E-state index contributed by atoms with van der Waals surface area (Å²) in [6.45, 7) is 3.13. The quantitative estimate of drug-likeness (QED) is 0.368. The second kappa shape index (κ2) is 10.4. The van der Waals surface area contributed by atoms with Gasteiger partial charge < -0.3 is 15.4 Å². The molecule has 0 unspecified atom stereocenters. The largest absolute Gasteiger partial charge is 0.452 e. The maximum Gasteiger partial charge on any atom is 0.340 e. The van der Waals surface area contributed by atoms with E-state index >= 15 is 0 Å². The van der Waals surface area contributed by atoms with Crippen molar-refractivity contribution in [3.05, 3.63) is 77.7 Å². The Morgan fingerprint density at radius 1 is 0.971 bits per heavy atom. The van der Waals surface area contributed by atoms with Gasteiger partial charge in [-0.1, -0.05) is 29.8 Å². The normalized spacial score (nSPS) is 10.6. The lowest BCUT2D eigenvalue weighted by Gasteiger charge is -2.12. The summed E-state index contributed by atoms with van der Waals surface area (Å²) in [6, 6.07) is 15.7. The Morgan fingerprint density at radius 2 is 1.74 bits per heavy atom. The third-order valence-electron chi connectivity index (χ3n) is 4.83. The molecule has 0 aliphatic rings. The van der Waals surface area contributed by atoms with Gasteiger partial charge in [0.15, 0.2) is 6.61 Å². The van der Waals surface area contributed by atoms with E-state index in [4.69, 9.17) is 4.74 Å². The number of esters is 1. The number of para-hydroxylation sites is 1. The minimum absolute atomic E-state index is 0.103. The molecule has 0 atom stereocenters. The molecule has 0 fully saturated rings. The zero-order chi connectivity index (χ0) is 24.8. The van der Waals surface area contributed by atoms with Crippen LogP contribution in [-0.4, -0.2) is 54.4 Å². The fourth-order valence-electron chi connectivity index (χ4n) is 3.22. The van der Waals surface area contributed by atoms with E-state index in [1.54, 1.807) is 28.9 Å². The predicted octanol–water partition coefficient (Wildman–Crippen LogP) is 1.91. The molecule has 12 nitrogen and oxygen atoms in total. The van der Waals surface area contributed by atoms with Gasteiger partial charge >= 0.3 is 5.97 Å². The maximum atomic E-state index is 12.6. The lowest BCUT2D eigenvalue weighted by Crippen LogP contribution is -2.24. The fourth-order valence-corrected chi connectivity index (χ4v) is 3.22. The molecule has 2 aromatic carbocycles. The Kier molecular flexibility index (Phi) is 6.91. The van der Waals surface area contributed by atoms with Gasteiger partial charge in [0.05, 0.1) is 22.6 Å². The molecule has 4 aromatic rings. The lowest BCUT2D eigenvalue weighted by molar-refractivity contribution is -0.119. The molecular weight excluding hydrogens is 452 g/mol. The van der Waals surface area contributed by atoms with Crippen LogP contribution in [0.1, 0.15) is 21.6 Å². The van der Waals surface area contributed by atoms with Crippen molar-refractivity contribution in [2.45, 2.75) is 20.4 Å². The van der Waals surface area contributed by atoms with Crippen molar-refractivity contribution in [3.63, 3.8) is 0 Å². The second-order valence-corrected chi connectivity index (χ2v) is 7.64. The van der Waals surface area contributed by atoms with E-state index in [-0.39, 0.29) is 17.8 Å². The van der Waals surface area contributed by atoms with Crippen molar-refractivity contribution in [1.29, 1.82) is 0 Å². The van der Waals surface area contributed by atoms with Crippen LogP contribution in [0.2, 0.25) is 0 Å². The van der Waals surface area contributed by atoms with Crippen LogP contribution in [0.5, 0.6) is 0 Å². The molecule has 178 valence electrons. The molecule has 0 bridgehead atoms. The molecule has 12 heteroatoms. The first kappa shape index (κ1) is 23.3. The highest BCUT2D eigenvalue weighted by Gasteiger charge is 2.17. The average Bonchev–Trinajstić information content (AvgIpc) is 3.47. The van der Waals surface area contributed by atoms with E-state index in [2.05, 4.69) is 31.3 Å². The Labute approximate surface area is 199 Å². The maximum absolute atomic E-state index is 12.6. The molecule has 0 saturated carbocycles. The summed E-state index contributed by atoms with van der Waals surface area (Å²) in [5, 5.41) is 20.3. The van der Waals surface area contributed by atoms with Crippen molar-refractivity contribution in [1.82, 2.24) is 30.0 Å². The number of carbonyl (C=O) groups is 3. The number of hydrogen-bond acceptors (Lipinski definition) is 8. The fraction of sp³-hybridized carbons (Fsp3) is 0.174. The minimum atomic E-state index is -0.762.